The Morgan fingerprint density at radius 2 is 1.08 bits per heavy atom. The normalized spacial score (nSPS) is 9.50. The van der Waals surface area contributed by atoms with E-state index in [1.54, 1.807) is 13.8 Å². The maximum Gasteiger partial charge on any atom is 0.0483 e. The molecule has 0 atom stereocenters. The Bertz CT molecular complexity index is 56.0. The highest BCUT2D eigenvalue weighted by Crippen LogP contribution is 1.96. The van der Waals surface area contributed by atoms with Gasteiger partial charge in [0.25, 0.3) is 0 Å². The molecule has 0 radical (unpaired) electrons. The number of hydrogen-bond donors (Lipinski definition) is 3. The number of aliphatic hydroxyl groups is 3. The average Bonchev–Trinajstić information content (AvgIpc) is 1.97. The van der Waals surface area contributed by atoms with E-state index in [4.69, 9.17) is 15.3 Å². The Hall–Kier alpha value is -0.120. The fraction of sp³-hybridized carbons (Fsp3) is 1.00. The molecule has 0 aliphatic rings. The molecular weight excluding hydrogens is 156 g/mol. The van der Waals surface area contributed by atoms with Crippen molar-refractivity contribution >= 4 is 0 Å². The highest BCUT2D eigenvalue weighted by Gasteiger charge is 1.84. The van der Waals surface area contributed by atoms with Crippen molar-refractivity contribution in [1.29, 1.82) is 0 Å². The van der Waals surface area contributed by atoms with Gasteiger partial charge in [0.1, 0.15) is 0 Å². The lowest BCUT2D eigenvalue weighted by Gasteiger charge is -1.93. The summed E-state index contributed by atoms with van der Waals surface area (Å²) in [4.78, 5) is 0. The van der Waals surface area contributed by atoms with Gasteiger partial charge in [0, 0.05) is 19.3 Å². The minimum Gasteiger partial charge on any atom is -0.396 e. The van der Waals surface area contributed by atoms with E-state index in [0.29, 0.717) is 0 Å². The van der Waals surface area contributed by atoms with Crippen LogP contribution in [-0.4, -0.2) is 34.6 Å². The Labute approximate surface area is 75.0 Å². The van der Waals surface area contributed by atoms with Crippen molar-refractivity contribution < 1.29 is 15.3 Å². The second kappa shape index (κ2) is 13.5. The van der Waals surface area contributed by atoms with Gasteiger partial charge in [-0.25, -0.2) is 0 Å². The molecule has 0 rings (SSSR count). The van der Waals surface area contributed by atoms with Crippen molar-refractivity contribution in [3.8, 4) is 0 Å². The van der Waals surface area contributed by atoms with Gasteiger partial charge in [0.05, 0.1) is 0 Å². The monoisotopic (exact) mass is 178 g/mol. The van der Waals surface area contributed by atoms with Crippen LogP contribution in [-0.2, 0) is 0 Å². The summed E-state index contributed by atoms with van der Waals surface area (Å²) < 4.78 is 0. The molecule has 0 fully saturated rings. The van der Waals surface area contributed by atoms with Crippen LogP contribution >= 0.6 is 0 Å². The molecule has 0 heterocycles. The highest BCUT2D eigenvalue weighted by molar-refractivity contribution is 4.39. The SMILES string of the molecule is CC(C)O.OCCCCCCO. The van der Waals surface area contributed by atoms with E-state index in [1.807, 2.05) is 0 Å². The van der Waals surface area contributed by atoms with Crippen LogP contribution in [0.25, 0.3) is 0 Å². The van der Waals surface area contributed by atoms with E-state index in [1.165, 1.54) is 0 Å². The van der Waals surface area contributed by atoms with Gasteiger partial charge < -0.3 is 15.3 Å². The first kappa shape index (κ1) is 14.4. The Balaban J connectivity index is 0. The van der Waals surface area contributed by atoms with E-state index in [2.05, 4.69) is 0 Å². The molecule has 0 saturated heterocycles. The number of aliphatic hydroxyl groups excluding tert-OH is 3. The molecule has 0 saturated carbocycles. The standard InChI is InChI=1S/C6H14O2.C3H8O/c7-5-3-1-2-4-6-8;1-3(2)4/h7-8H,1-6H2;3-4H,1-2H3. The van der Waals surface area contributed by atoms with Crippen LogP contribution in [0.15, 0.2) is 0 Å². The summed E-state index contributed by atoms with van der Waals surface area (Å²) in [5.41, 5.74) is 0. The molecule has 76 valence electrons. The first-order valence-corrected chi connectivity index (χ1v) is 4.55. The Kier molecular flexibility index (Phi) is 16.2. The van der Waals surface area contributed by atoms with E-state index in [0.717, 1.165) is 25.7 Å². The minimum absolute atomic E-state index is 0.167. The lowest BCUT2D eigenvalue weighted by molar-refractivity contribution is 0.216. The third-order valence-electron chi connectivity index (χ3n) is 1.07. The summed E-state index contributed by atoms with van der Waals surface area (Å²) >= 11 is 0. The zero-order valence-corrected chi connectivity index (χ0v) is 8.16. The van der Waals surface area contributed by atoms with Gasteiger partial charge in [-0.15, -0.1) is 0 Å². The van der Waals surface area contributed by atoms with Crippen molar-refractivity contribution in [3.05, 3.63) is 0 Å². The zero-order valence-electron chi connectivity index (χ0n) is 8.16. The first-order valence-electron chi connectivity index (χ1n) is 4.55. The summed E-state index contributed by atoms with van der Waals surface area (Å²) in [6, 6.07) is 0. The van der Waals surface area contributed by atoms with Gasteiger partial charge in [0.15, 0.2) is 0 Å². The van der Waals surface area contributed by atoms with Crippen molar-refractivity contribution in [2.75, 3.05) is 13.2 Å². The molecule has 12 heavy (non-hydrogen) atoms. The molecule has 0 aromatic carbocycles. The smallest absolute Gasteiger partial charge is 0.0483 e. The van der Waals surface area contributed by atoms with Crippen molar-refractivity contribution in [2.45, 2.75) is 45.6 Å². The quantitative estimate of drug-likeness (QED) is 0.549. The lowest BCUT2D eigenvalue weighted by Crippen LogP contribution is -1.85. The van der Waals surface area contributed by atoms with Crippen LogP contribution in [0.5, 0.6) is 0 Å². The third-order valence-corrected chi connectivity index (χ3v) is 1.07. The molecule has 0 amide bonds. The van der Waals surface area contributed by atoms with E-state index >= 15 is 0 Å². The maximum absolute atomic E-state index is 8.30. The molecule has 3 heteroatoms. The Morgan fingerprint density at radius 1 is 0.833 bits per heavy atom. The Morgan fingerprint density at radius 3 is 1.25 bits per heavy atom. The summed E-state index contributed by atoms with van der Waals surface area (Å²) in [7, 11) is 0. The van der Waals surface area contributed by atoms with Crippen molar-refractivity contribution in [2.24, 2.45) is 0 Å². The maximum atomic E-state index is 8.30. The minimum atomic E-state index is -0.167. The number of rotatable bonds is 5. The number of unbranched alkanes of at least 4 members (excludes halogenated alkanes) is 3. The average molecular weight is 178 g/mol. The molecule has 0 aliphatic heterocycles. The third kappa shape index (κ3) is 32.7. The molecule has 3 N–H and O–H groups in total. The van der Waals surface area contributed by atoms with Crippen molar-refractivity contribution in [3.63, 3.8) is 0 Å². The lowest BCUT2D eigenvalue weighted by atomic mass is 10.2. The second-order valence-electron chi connectivity index (χ2n) is 2.96. The predicted octanol–water partition coefficient (Wildman–Crippen LogP) is 0.919. The first-order chi connectivity index (χ1) is 5.65. The van der Waals surface area contributed by atoms with Crippen LogP contribution in [0.2, 0.25) is 0 Å². The van der Waals surface area contributed by atoms with Gasteiger partial charge in [-0.1, -0.05) is 12.8 Å². The summed E-state index contributed by atoms with van der Waals surface area (Å²) in [6.45, 7) is 4.01. The summed E-state index contributed by atoms with van der Waals surface area (Å²) in [6.07, 6.45) is 3.66. The largest absolute Gasteiger partial charge is 0.396 e. The van der Waals surface area contributed by atoms with Crippen LogP contribution in [0.3, 0.4) is 0 Å². The molecular formula is C9H22O3. The molecule has 0 aromatic rings. The van der Waals surface area contributed by atoms with E-state index < -0.39 is 0 Å². The van der Waals surface area contributed by atoms with Crippen LogP contribution < -0.4 is 0 Å². The molecule has 0 unspecified atom stereocenters. The molecule has 0 bridgehead atoms. The molecule has 0 spiro atoms. The second-order valence-corrected chi connectivity index (χ2v) is 2.96. The number of hydrogen-bond acceptors (Lipinski definition) is 3. The van der Waals surface area contributed by atoms with E-state index in [9.17, 15) is 0 Å². The van der Waals surface area contributed by atoms with Gasteiger partial charge in [-0.05, 0) is 26.7 Å². The van der Waals surface area contributed by atoms with Crippen LogP contribution in [0.1, 0.15) is 39.5 Å². The van der Waals surface area contributed by atoms with Crippen LogP contribution in [0, 0.1) is 0 Å². The summed E-state index contributed by atoms with van der Waals surface area (Å²) in [5.74, 6) is 0. The molecule has 0 aromatic heterocycles. The van der Waals surface area contributed by atoms with Crippen molar-refractivity contribution in [1.82, 2.24) is 0 Å². The predicted molar refractivity (Wildman–Crippen MR) is 50.0 cm³/mol. The van der Waals surface area contributed by atoms with Gasteiger partial charge in [-0.2, -0.15) is 0 Å². The fourth-order valence-electron chi connectivity index (χ4n) is 0.577. The highest BCUT2D eigenvalue weighted by atomic mass is 16.3. The van der Waals surface area contributed by atoms with Gasteiger partial charge in [0.2, 0.25) is 0 Å². The fourth-order valence-corrected chi connectivity index (χ4v) is 0.577. The van der Waals surface area contributed by atoms with Gasteiger partial charge >= 0.3 is 0 Å². The zero-order chi connectivity index (χ0) is 9.82. The topological polar surface area (TPSA) is 60.7 Å². The summed E-state index contributed by atoms with van der Waals surface area (Å²) in [5, 5.41) is 24.7. The van der Waals surface area contributed by atoms with Crippen LogP contribution in [0.4, 0.5) is 0 Å². The molecule has 3 nitrogen and oxygen atoms in total. The van der Waals surface area contributed by atoms with Gasteiger partial charge in [-0.3, -0.25) is 0 Å². The van der Waals surface area contributed by atoms with E-state index in [-0.39, 0.29) is 19.3 Å². The molecule has 0 aliphatic carbocycles.